The molecule has 1 heterocycles. The molecule has 0 aromatic rings. The molecule has 0 saturated carbocycles. The summed E-state index contributed by atoms with van der Waals surface area (Å²) in [7, 11) is 0. The zero-order chi connectivity index (χ0) is 10.8. The molecule has 3 heteroatoms. The van der Waals surface area contributed by atoms with Gasteiger partial charge < -0.3 is 10.1 Å². The first-order valence-corrected chi connectivity index (χ1v) is 7.44. The van der Waals surface area contributed by atoms with Gasteiger partial charge in [-0.25, -0.2) is 0 Å². The van der Waals surface area contributed by atoms with Crippen molar-refractivity contribution in [2.75, 3.05) is 25.0 Å². The van der Waals surface area contributed by atoms with Gasteiger partial charge >= 0.3 is 0 Å². The van der Waals surface area contributed by atoms with Crippen molar-refractivity contribution in [3.05, 3.63) is 0 Å². The maximum atomic E-state index is 5.65. The van der Waals surface area contributed by atoms with Gasteiger partial charge in [-0.05, 0) is 38.6 Å². The van der Waals surface area contributed by atoms with Gasteiger partial charge in [0, 0.05) is 18.5 Å². The van der Waals surface area contributed by atoms with E-state index in [-0.39, 0.29) is 0 Å². The molecule has 0 bridgehead atoms. The molecule has 1 rings (SSSR count). The summed E-state index contributed by atoms with van der Waals surface area (Å²) < 4.78 is 5.65. The van der Waals surface area contributed by atoms with E-state index in [0.717, 1.165) is 25.0 Å². The first-order valence-electron chi connectivity index (χ1n) is 6.32. The Morgan fingerprint density at radius 2 is 2.00 bits per heavy atom. The van der Waals surface area contributed by atoms with Crippen LogP contribution in [-0.2, 0) is 4.74 Å². The highest BCUT2D eigenvalue weighted by Gasteiger charge is 2.12. The Labute approximate surface area is 102 Å². The summed E-state index contributed by atoms with van der Waals surface area (Å²) in [5.74, 6) is 0. The van der Waals surface area contributed by atoms with Gasteiger partial charge in [-0.1, -0.05) is 28.8 Å². The molecule has 90 valence electrons. The van der Waals surface area contributed by atoms with E-state index in [4.69, 9.17) is 4.74 Å². The predicted molar refractivity (Wildman–Crippen MR) is 68.7 cm³/mol. The Morgan fingerprint density at radius 1 is 1.13 bits per heavy atom. The van der Waals surface area contributed by atoms with Crippen LogP contribution in [0.4, 0.5) is 0 Å². The summed E-state index contributed by atoms with van der Waals surface area (Å²) in [5.41, 5.74) is 0. The van der Waals surface area contributed by atoms with E-state index in [1.165, 1.54) is 44.9 Å². The third-order valence-corrected chi connectivity index (χ3v) is 3.44. The molecule has 1 aliphatic rings. The third-order valence-electron chi connectivity index (χ3n) is 2.88. The molecule has 15 heavy (non-hydrogen) atoms. The van der Waals surface area contributed by atoms with Crippen LogP contribution < -0.4 is 5.32 Å². The highest BCUT2D eigenvalue weighted by atomic mass is 79.9. The summed E-state index contributed by atoms with van der Waals surface area (Å²) in [6, 6.07) is 0. The zero-order valence-corrected chi connectivity index (χ0v) is 11.2. The number of alkyl halides is 1. The standard InChI is InChI=1S/C12H24BrNO/c13-8-4-1-2-5-9-14-11-12-7-3-6-10-15-12/h12,14H,1-11H2. The topological polar surface area (TPSA) is 21.3 Å². The fourth-order valence-electron chi connectivity index (χ4n) is 1.93. The van der Waals surface area contributed by atoms with E-state index in [0.29, 0.717) is 6.10 Å². The summed E-state index contributed by atoms with van der Waals surface area (Å²) in [4.78, 5) is 0. The molecule has 0 aliphatic carbocycles. The molecule has 0 aromatic heterocycles. The Hall–Kier alpha value is 0.400. The van der Waals surface area contributed by atoms with Gasteiger partial charge in [0.15, 0.2) is 0 Å². The monoisotopic (exact) mass is 277 g/mol. The molecular weight excluding hydrogens is 254 g/mol. The Balaban J connectivity index is 1.79. The lowest BCUT2D eigenvalue weighted by molar-refractivity contribution is 0.0170. The maximum Gasteiger partial charge on any atom is 0.0699 e. The molecule has 1 N–H and O–H groups in total. The molecule has 1 saturated heterocycles. The van der Waals surface area contributed by atoms with Crippen LogP contribution >= 0.6 is 15.9 Å². The zero-order valence-electron chi connectivity index (χ0n) is 9.64. The third kappa shape index (κ3) is 7.31. The SMILES string of the molecule is BrCCCCCCNCC1CCCCO1. The normalized spacial score (nSPS) is 21.8. The van der Waals surface area contributed by atoms with Gasteiger partial charge in [-0.3, -0.25) is 0 Å². The van der Waals surface area contributed by atoms with Crippen LogP contribution in [0.1, 0.15) is 44.9 Å². The average Bonchev–Trinajstić information content (AvgIpc) is 2.29. The summed E-state index contributed by atoms with van der Waals surface area (Å²) in [6.07, 6.45) is 9.65. The predicted octanol–water partition coefficient (Wildman–Crippen LogP) is 3.10. The smallest absolute Gasteiger partial charge is 0.0699 e. The largest absolute Gasteiger partial charge is 0.377 e. The second-order valence-corrected chi connectivity index (χ2v) is 5.09. The van der Waals surface area contributed by atoms with Crippen molar-refractivity contribution in [2.24, 2.45) is 0 Å². The maximum absolute atomic E-state index is 5.65. The molecule has 1 unspecified atom stereocenters. The fraction of sp³-hybridized carbons (Fsp3) is 1.00. The van der Waals surface area contributed by atoms with Crippen molar-refractivity contribution in [3.63, 3.8) is 0 Å². The minimum atomic E-state index is 0.487. The van der Waals surface area contributed by atoms with Crippen molar-refractivity contribution < 1.29 is 4.74 Å². The molecular formula is C12H24BrNO. The minimum absolute atomic E-state index is 0.487. The van der Waals surface area contributed by atoms with Crippen molar-refractivity contribution in [1.82, 2.24) is 5.32 Å². The van der Waals surface area contributed by atoms with E-state index in [1.807, 2.05) is 0 Å². The number of ether oxygens (including phenoxy) is 1. The molecule has 0 spiro atoms. The molecule has 0 aromatic carbocycles. The van der Waals surface area contributed by atoms with Crippen LogP contribution in [0.2, 0.25) is 0 Å². The highest BCUT2D eigenvalue weighted by Crippen LogP contribution is 2.11. The van der Waals surface area contributed by atoms with Gasteiger partial charge in [0.1, 0.15) is 0 Å². The number of rotatable bonds is 8. The van der Waals surface area contributed by atoms with E-state index < -0.39 is 0 Å². The lowest BCUT2D eigenvalue weighted by atomic mass is 10.1. The first-order chi connectivity index (χ1) is 7.43. The molecule has 2 nitrogen and oxygen atoms in total. The lowest BCUT2D eigenvalue weighted by Crippen LogP contribution is -2.32. The van der Waals surface area contributed by atoms with Crippen molar-refractivity contribution >= 4 is 15.9 Å². The number of halogens is 1. The minimum Gasteiger partial charge on any atom is -0.377 e. The van der Waals surface area contributed by atoms with Gasteiger partial charge in [0.25, 0.3) is 0 Å². The fourth-order valence-corrected chi connectivity index (χ4v) is 2.33. The number of hydrogen-bond acceptors (Lipinski definition) is 2. The number of unbranched alkanes of at least 4 members (excludes halogenated alkanes) is 3. The summed E-state index contributed by atoms with van der Waals surface area (Å²) >= 11 is 3.45. The summed E-state index contributed by atoms with van der Waals surface area (Å²) in [5, 5.41) is 4.64. The quantitative estimate of drug-likeness (QED) is 0.544. The Kier molecular flexibility index (Phi) is 8.63. The van der Waals surface area contributed by atoms with E-state index in [2.05, 4.69) is 21.2 Å². The van der Waals surface area contributed by atoms with Gasteiger partial charge in [-0.15, -0.1) is 0 Å². The van der Waals surface area contributed by atoms with Crippen LogP contribution in [0.3, 0.4) is 0 Å². The van der Waals surface area contributed by atoms with E-state index in [1.54, 1.807) is 0 Å². The second kappa shape index (κ2) is 9.61. The van der Waals surface area contributed by atoms with Crippen LogP contribution in [0.25, 0.3) is 0 Å². The lowest BCUT2D eigenvalue weighted by Gasteiger charge is -2.22. The van der Waals surface area contributed by atoms with Gasteiger partial charge in [0.05, 0.1) is 6.10 Å². The summed E-state index contributed by atoms with van der Waals surface area (Å²) in [6.45, 7) is 3.18. The van der Waals surface area contributed by atoms with E-state index >= 15 is 0 Å². The van der Waals surface area contributed by atoms with Crippen LogP contribution in [0, 0.1) is 0 Å². The first kappa shape index (κ1) is 13.5. The second-order valence-electron chi connectivity index (χ2n) is 4.30. The van der Waals surface area contributed by atoms with Crippen LogP contribution in [0.5, 0.6) is 0 Å². The molecule has 0 radical (unpaired) electrons. The van der Waals surface area contributed by atoms with E-state index in [9.17, 15) is 0 Å². The Morgan fingerprint density at radius 3 is 2.73 bits per heavy atom. The average molecular weight is 278 g/mol. The number of hydrogen-bond donors (Lipinski definition) is 1. The van der Waals surface area contributed by atoms with Crippen molar-refractivity contribution in [2.45, 2.75) is 51.0 Å². The van der Waals surface area contributed by atoms with Crippen molar-refractivity contribution in [1.29, 1.82) is 0 Å². The molecule has 1 atom stereocenters. The molecule has 1 aliphatic heterocycles. The Bertz CT molecular complexity index is 138. The molecule has 1 fully saturated rings. The number of nitrogens with one attached hydrogen (secondary N) is 1. The van der Waals surface area contributed by atoms with Gasteiger partial charge in [0.2, 0.25) is 0 Å². The molecule has 0 amide bonds. The highest BCUT2D eigenvalue weighted by molar-refractivity contribution is 9.09. The van der Waals surface area contributed by atoms with Crippen molar-refractivity contribution in [3.8, 4) is 0 Å². The van der Waals surface area contributed by atoms with Crippen LogP contribution in [-0.4, -0.2) is 31.1 Å². The van der Waals surface area contributed by atoms with Crippen LogP contribution in [0.15, 0.2) is 0 Å². The van der Waals surface area contributed by atoms with Gasteiger partial charge in [-0.2, -0.15) is 0 Å².